The zero-order valence-corrected chi connectivity index (χ0v) is 10.9. The zero-order chi connectivity index (χ0) is 18.0. The Morgan fingerprint density at radius 2 is 1.80 bits per heavy atom. The average Bonchev–Trinajstić information content (AvgIpc) is 2.61. The number of aryl methyl sites for hydroxylation is 2. The smallest absolute Gasteiger partial charge is 0.0702 e. The van der Waals surface area contributed by atoms with Gasteiger partial charge in [-0.3, -0.25) is 4.98 Å². The average molecular weight is 264 g/mol. The first-order valence-corrected chi connectivity index (χ1v) is 6.37. The molecule has 0 aliphatic heterocycles. The lowest BCUT2D eigenvalue weighted by Gasteiger charge is -2.09. The molecule has 3 aromatic rings. The van der Waals surface area contributed by atoms with Crippen molar-refractivity contribution < 1.29 is 6.85 Å². The van der Waals surface area contributed by atoms with E-state index in [0.29, 0.717) is 22.4 Å². The maximum atomic E-state index is 7.79. The number of hydrogen-bond acceptors (Lipinski definition) is 1. The Balaban J connectivity index is 2.11. The monoisotopic (exact) mass is 264 g/mol. The number of rotatable bonds is 2. The molecule has 1 nitrogen and oxygen atoms in total. The first-order chi connectivity index (χ1) is 11.9. The van der Waals surface area contributed by atoms with Crippen molar-refractivity contribution in [2.75, 3.05) is 0 Å². The second-order valence-electron chi connectivity index (χ2n) is 4.60. The molecular weight excluding hydrogens is 242 g/mol. The first-order valence-electron chi connectivity index (χ1n) is 9.02. The summed E-state index contributed by atoms with van der Waals surface area (Å²) in [5.74, 6) is 0. The summed E-state index contributed by atoms with van der Waals surface area (Å²) < 4.78 is 38.2. The number of aromatic nitrogens is 1. The summed E-state index contributed by atoms with van der Waals surface area (Å²) >= 11 is 0. The van der Waals surface area contributed by atoms with E-state index in [2.05, 4.69) is 4.98 Å². The van der Waals surface area contributed by atoms with Crippen molar-refractivity contribution in [1.29, 1.82) is 0 Å². The highest BCUT2D eigenvalue weighted by atomic mass is 14.7. The van der Waals surface area contributed by atoms with Crippen LogP contribution in [0.4, 0.5) is 0 Å². The van der Waals surface area contributed by atoms with Gasteiger partial charge in [-0.15, -0.1) is 0 Å². The fourth-order valence-corrected chi connectivity index (χ4v) is 2.14. The number of nitrogens with zero attached hydrogens (tertiary/aromatic N) is 1. The van der Waals surface area contributed by atoms with Gasteiger partial charge in [0.25, 0.3) is 0 Å². The Hall–Kier alpha value is -2.41. The summed E-state index contributed by atoms with van der Waals surface area (Å²) in [6.07, 6.45) is 1.51. The van der Waals surface area contributed by atoms with E-state index in [-0.39, 0.29) is 0 Å². The maximum absolute atomic E-state index is 7.79. The molecule has 1 aromatic heterocycles. The predicted molar refractivity (Wildman–Crippen MR) is 84.6 cm³/mol. The quantitative estimate of drug-likeness (QED) is 0.632. The van der Waals surface area contributed by atoms with Crippen LogP contribution in [0.5, 0.6) is 0 Å². The van der Waals surface area contributed by atoms with Gasteiger partial charge < -0.3 is 0 Å². The highest BCUT2D eigenvalue weighted by Gasteiger charge is 2.05. The van der Waals surface area contributed by atoms with Crippen molar-refractivity contribution >= 4 is 0 Å². The highest BCUT2D eigenvalue weighted by molar-refractivity contribution is 5.74. The molecule has 20 heavy (non-hydrogen) atoms. The molecular formula is C19H17N. The van der Waals surface area contributed by atoms with E-state index in [0.717, 1.165) is 11.1 Å². The van der Waals surface area contributed by atoms with Crippen molar-refractivity contribution in [3.8, 4) is 22.4 Å². The van der Waals surface area contributed by atoms with Gasteiger partial charge in [-0.2, -0.15) is 0 Å². The molecule has 1 heteroatoms. The molecule has 0 aliphatic rings. The number of pyridine rings is 1. The van der Waals surface area contributed by atoms with E-state index in [9.17, 15) is 0 Å². The lowest BCUT2D eigenvalue weighted by atomic mass is 9.97. The van der Waals surface area contributed by atoms with Crippen molar-refractivity contribution in [3.63, 3.8) is 0 Å². The molecule has 0 unspecified atom stereocenters. The fourth-order valence-electron chi connectivity index (χ4n) is 2.14. The molecule has 0 atom stereocenters. The van der Waals surface area contributed by atoms with Gasteiger partial charge in [-0.25, -0.2) is 0 Å². The van der Waals surface area contributed by atoms with E-state index >= 15 is 0 Å². The van der Waals surface area contributed by atoms with Crippen LogP contribution in [0.25, 0.3) is 22.4 Å². The van der Waals surface area contributed by atoms with E-state index < -0.39 is 13.7 Å². The molecule has 0 N–H and O–H groups in total. The van der Waals surface area contributed by atoms with E-state index in [1.165, 1.54) is 6.20 Å². The third-order valence-electron chi connectivity index (χ3n) is 3.19. The lowest BCUT2D eigenvalue weighted by Crippen LogP contribution is -1.88. The van der Waals surface area contributed by atoms with Gasteiger partial charge in [0.2, 0.25) is 0 Å². The summed E-state index contributed by atoms with van der Waals surface area (Å²) in [5, 5.41) is 0. The van der Waals surface area contributed by atoms with Gasteiger partial charge in [0.15, 0.2) is 0 Å². The maximum Gasteiger partial charge on any atom is 0.0702 e. The summed E-state index contributed by atoms with van der Waals surface area (Å²) in [6, 6.07) is 18.1. The van der Waals surface area contributed by atoms with Gasteiger partial charge in [-0.1, -0.05) is 48.5 Å². The van der Waals surface area contributed by atoms with Crippen LogP contribution in [0.2, 0.25) is 0 Å². The Morgan fingerprint density at radius 1 is 0.900 bits per heavy atom. The highest BCUT2D eigenvalue weighted by Crippen LogP contribution is 2.28. The molecule has 2 aromatic carbocycles. The first kappa shape index (κ1) is 8.01. The molecule has 0 bridgehead atoms. The van der Waals surface area contributed by atoms with Crippen LogP contribution in [0.1, 0.15) is 18.0 Å². The third kappa shape index (κ3) is 2.48. The minimum atomic E-state index is -2.20. The topological polar surface area (TPSA) is 12.9 Å². The number of benzene rings is 2. The number of hydrogen-bond donors (Lipinski definition) is 0. The minimum absolute atomic E-state index is 0.302. The SMILES string of the molecule is [2H]C([2H])c1ccc(-c2ccc(C([2H])([2H])[2H])c(-c3ccccc3)c2)nc1. The summed E-state index contributed by atoms with van der Waals surface area (Å²) in [7, 11) is 0. The molecule has 0 fully saturated rings. The summed E-state index contributed by atoms with van der Waals surface area (Å²) in [4.78, 5) is 4.32. The Labute approximate surface area is 127 Å². The van der Waals surface area contributed by atoms with Crippen LogP contribution < -0.4 is 0 Å². The molecule has 0 spiro atoms. The molecule has 0 aliphatic carbocycles. The van der Waals surface area contributed by atoms with Crippen LogP contribution in [0.3, 0.4) is 0 Å². The van der Waals surface area contributed by atoms with Crippen LogP contribution in [0.15, 0.2) is 66.9 Å². The largest absolute Gasteiger partial charge is 0.256 e. The van der Waals surface area contributed by atoms with Crippen molar-refractivity contribution in [2.24, 2.45) is 0 Å². The van der Waals surface area contributed by atoms with Crippen molar-refractivity contribution in [3.05, 3.63) is 78.0 Å². The second-order valence-corrected chi connectivity index (χ2v) is 4.60. The second kappa shape index (κ2) is 5.30. The van der Waals surface area contributed by atoms with E-state index in [1.807, 2.05) is 36.4 Å². The Morgan fingerprint density at radius 3 is 2.50 bits per heavy atom. The van der Waals surface area contributed by atoms with Crippen LogP contribution in [-0.2, 0) is 0 Å². The fraction of sp³-hybridized carbons (Fsp3) is 0.105. The van der Waals surface area contributed by atoms with E-state index in [1.54, 1.807) is 24.3 Å². The molecule has 3 rings (SSSR count). The molecule has 1 heterocycles. The normalized spacial score (nSPS) is 14.9. The molecule has 0 saturated carbocycles. The third-order valence-corrected chi connectivity index (χ3v) is 3.19. The Kier molecular flexibility index (Phi) is 2.12. The van der Waals surface area contributed by atoms with Crippen LogP contribution >= 0.6 is 0 Å². The molecule has 98 valence electrons. The zero-order valence-electron chi connectivity index (χ0n) is 15.9. The van der Waals surface area contributed by atoms with Crippen LogP contribution in [-0.4, -0.2) is 4.98 Å². The van der Waals surface area contributed by atoms with Gasteiger partial charge in [0.1, 0.15) is 0 Å². The molecule has 0 amide bonds. The summed E-state index contributed by atoms with van der Waals surface area (Å²) in [5.41, 5.74) is 3.79. The van der Waals surface area contributed by atoms with Gasteiger partial charge in [0.05, 0.1) is 5.69 Å². The Bertz CT molecular complexity index is 855. The van der Waals surface area contributed by atoms with Gasteiger partial charge in [-0.05, 0) is 48.1 Å². The van der Waals surface area contributed by atoms with Crippen LogP contribution in [0, 0.1) is 13.7 Å². The minimum Gasteiger partial charge on any atom is -0.256 e. The molecule has 0 radical (unpaired) electrons. The van der Waals surface area contributed by atoms with Crippen molar-refractivity contribution in [2.45, 2.75) is 13.7 Å². The predicted octanol–water partition coefficient (Wildman–Crippen LogP) is 5.03. The lowest BCUT2D eigenvalue weighted by molar-refractivity contribution is 1.27. The van der Waals surface area contributed by atoms with Gasteiger partial charge in [0, 0.05) is 18.6 Å². The molecule has 0 saturated heterocycles. The summed E-state index contributed by atoms with van der Waals surface area (Å²) in [6.45, 7) is -3.27. The van der Waals surface area contributed by atoms with E-state index in [4.69, 9.17) is 6.85 Å². The van der Waals surface area contributed by atoms with Crippen molar-refractivity contribution in [1.82, 2.24) is 4.98 Å². The standard InChI is InChI=1S/C19H17N/c1-14-8-11-19(20-13-14)17-10-9-15(2)18(12-17)16-6-4-3-5-7-16/h3-13H,1-2H3/i1D2,2D3. The van der Waals surface area contributed by atoms with Gasteiger partial charge >= 0.3 is 0 Å².